The number of fused-ring (bicyclic) bond motifs is 1. The van der Waals surface area contributed by atoms with Crippen LogP contribution in [-0.4, -0.2) is 21.6 Å². The minimum atomic E-state index is -0.0137. The molecule has 3 nitrogen and oxygen atoms in total. The van der Waals surface area contributed by atoms with Crippen LogP contribution in [0.1, 0.15) is 0 Å². The normalized spacial score (nSPS) is 10.9. The molecule has 0 amide bonds. The molecule has 4 heteroatoms. The first-order valence-corrected chi connectivity index (χ1v) is 5.89. The fraction of sp³-hybridized carbons (Fsp3) is 0.300. The first-order chi connectivity index (χ1) is 6.83. The van der Waals surface area contributed by atoms with Crippen LogP contribution < -0.4 is 5.69 Å². The molecule has 0 aliphatic heterocycles. The maximum Gasteiger partial charge on any atom is 0.326 e. The quantitative estimate of drug-likeness (QED) is 0.833. The average Bonchev–Trinajstić information content (AvgIpc) is 2.51. The number of aryl methyl sites for hydroxylation is 1. The van der Waals surface area contributed by atoms with Crippen LogP contribution in [0.15, 0.2) is 29.1 Å². The average molecular weight is 208 g/mol. The lowest BCUT2D eigenvalue weighted by molar-refractivity contribution is 0.762. The summed E-state index contributed by atoms with van der Waals surface area (Å²) in [6, 6.07) is 7.77. The van der Waals surface area contributed by atoms with Gasteiger partial charge in [-0.25, -0.2) is 4.79 Å². The molecule has 0 aliphatic carbocycles. The second kappa shape index (κ2) is 3.92. The van der Waals surface area contributed by atoms with Crippen LogP contribution in [0, 0.1) is 0 Å². The van der Waals surface area contributed by atoms with E-state index in [0.29, 0.717) is 0 Å². The first kappa shape index (κ1) is 9.40. The van der Waals surface area contributed by atoms with E-state index < -0.39 is 0 Å². The standard InChI is InChI=1S/C10H12N2OS/c1-14-7-6-12-9-5-3-2-4-8(9)11-10(12)13/h2-5H,6-7H2,1H3,(H,11,13). The van der Waals surface area contributed by atoms with Crippen molar-refractivity contribution >= 4 is 22.8 Å². The van der Waals surface area contributed by atoms with E-state index in [2.05, 4.69) is 4.98 Å². The summed E-state index contributed by atoms with van der Waals surface area (Å²) in [5.74, 6) is 0.960. The maximum absolute atomic E-state index is 11.5. The molecule has 0 unspecified atom stereocenters. The van der Waals surface area contributed by atoms with Crippen molar-refractivity contribution in [3.63, 3.8) is 0 Å². The molecule has 0 radical (unpaired) electrons. The summed E-state index contributed by atoms with van der Waals surface area (Å²) < 4.78 is 1.78. The van der Waals surface area contributed by atoms with Crippen LogP contribution in [0.5, 0.6) is 0 Å². The van der Waals surface area contributed by atoms with Crippen molar-refractivity contribution in [2.45, 2.75) is 6.54 Å². The third kappa shape index (κ3) is 1.57. The molecule has 74 valence electrons. The van der Waals surface area contributed by atoms with Crippen molar-refractivity contribution in [2.75, 3.05) is 12.0 Å². The van der Waals surface area contributed by atoms with Crippen LogP contribution in [-0.2, 0) is 6.54 Å². The predicted octanol–water partition coefficient (Wildman–Crippen LogP) is 1.69. The number of rotatable bonds is 3. The number of imidazole rings is 1. The molecule has 0 atom stereocenters. The summed E-state index contributed by atoms with van der Waals surface area (Å²) in [5, 5.41) is 0. The van der Waals surface area contributed by atoms with Gasteiger partial charge in [-0.3, -0.25) is 4.57 Å². The molecule has 1 heterocycles. The second-order valence-corrected chi connectivity index (χ2v) is 4.08. The maximum atomic E-state index is 11.5. The number of aromatic nitrogens is 2. The highest BCUT2D eigenvalue weighted by atomic mass is 32.2. The monoisotopic (exact) mass is 208 g/mol. The summed E-state index contributed by atoms with van der Waals surface area (Å²) >= 11 is 1.74. The van der Waals surface area contributed by atoms with Gasteiger partial charge in [0.25, 0.3) is 0 Å². The number of aromatic amines is 1. The van der Waals surface area contributed by atoms with Gasteiger partial charge in [0.05, 0.1) is 11.0 Å². The summed E-state index contributed by atoms with van der Waals surface area (Å²) in [4.78, 5) is 14.4. The Morgan fingerprint density at radius 1 is 1.43 bits per heavy atom. The zero-order valence-corrected chi connectivity index (χ0v) is 8.80. The smallest absolute Gasteiger partial charge is 0.306 e. The van der Waals surface area contributed by atoms with Crippen LogP contribution in [0.3, 0.4) is 0 Å². The number of nitrogens with zero attached hydrogens (tertiary/aromatic N) is 1. The van der Waals surface area contributed by atoms with Gasteiger partial charge in [-0.2, -0.15) is 11.8 Å². The van der Waals surface area contributed by atoms with E-state index in [4.69, 9.17) is 0 Å². The van der Waals surface area contributed by atoms with E-state index in [1.807, 2.05) is 30.5 Å². The Morgan fingerprint density at radius 3 is 3.00 bits per heavy atom. The third-order valence-corrected chi connectivity index (χ3v) is 2.79. The highest BCUT2D eigenvalue weighted by Crippen LogP contribution is 2.09. The topological polar surface area (TPSA) is 37.8 Å². The van der Waals surface area contributed by atoms with Gasteiger partial charge in [-0.1, -0.05) is 12.1 Å². The number of nitrogens with one attached hydrogen (secondary N) is 1. The van der Waals surface area contributed by atoms with Crippen molar-refractivity contribution < 1.29 is 0 Å². The SMILES string of the molecule is CSCCn1c(=O)[nH]c2ccccc21. The van der Waals surface area contributed by atoms with Crippen molar-refractivity contribution in [3.05, 3.63) is 34.7 Å². The zero-order chi connectivity index (χ0) is 9.97. The summed E-state index contributed by atoms with van der Waals surface area (Å²) in [6.07, 6.45) is 2.04. The van der Waals surface area contributed by atoms with Gasteiger partial charge < -0.3 is 4.98 Å². The van der Waals surface area contributed by atoms with Crippen LogP contribution in [0.4, 0.5) is 0 Å². The third-order valence-electron chi connectivity index (χ3n) is 2.20. The van der Waals surface area contributed by atoms with Gasteiger partial charge in [0.2, 0.25) is 0 Å². The Labute approximate surface area is 86.1 Å². The number of hydrogen-bond donors (Lipinski definition) is 1. The Morgan fingerprint density at radius 2 is 2.21 bits per heavy atom. The molecule has 2 rings (SSSR count). The minimum absolute atomic E-state index is 0.0137. The zero-order valence-electron chi connectivity index (χ0n) is 7.99. The fourth-order valence-corrected chi connectivity index (χ4v) is 1.88. The number of thioether (sulfide) groups is 1. The van der Waals surface area contributed by atoms with Gasteiger partial charge in [0.15, 0.2) is 0 Å². The summed E-state index contributed by atoms with van der Waals surface area (Å²) in [7, 11) is 0. The van der Waals surface area contributed by atoms with E-state index in [-0.39, 0.29) is 5.69 Å². The van der Waals surface area contributed by atoms with Crippen molar-refractivity contribution in [2.24, 2.45) is 0 Å². The Kier molecular flexibility index (Phi) is 2.63. The molecule has 0 saturated heterocycles. The molecule has 0 aliphatic rings. The van der Waals surface area contributed by atoms with E-state index >= 15 is 0 Å². The van der Waals surface area contributed by atoms with Crippen LogP contribution >= 0.6 is 11.8 Å². The summed E-state index contributed by atoms with van der Waals surface area (Å²) in [5.41, 5.74) is 1.89. The predicted molar refractivity (Wildman–Crippen MR) is 60.9 cm³/mol. The minimum Gasteiger partial charge on any atom is -0.306 e. The number of para-hydroxylation sites is 2. The highest BCUT2D eigenvalue weighted by molar-refractivity contribution is 7.98. The number of hydrogen-bond acceptors (Lipinski definition) is 2. The van der Waals surface area contributed by atoms with Crippen molar-refractivity contribution in [1.82, 2.24) is 9.55 Å². The second-order valence-electron chi connectivity index (χ2n) is 3.09. The van der Waals surface area contributed by atoms with E-state index in [0.717, 1.165) is 23.3 Å². The summed E-state index contributed by atoms with van der Waals surface area (Å²) in [6.45, 7) is 0.768. The Bertz CT molecular complexity index is 486. The lowest BCUT2D eigenvalue weighted by Crippen LogP contribution is -2.17. The van der Waals surface area contributed by atoms with Crippen LogP contribution in [0.2, 0.25) is 0 Å². The molecule has 1 N–H and O–H groups in total. The van der Waals surface area contributed by atoms with Gasteiger partial charge in [-0.15, -0.1) is 0 Å². The van der Waals surface area contributed by atoms with Crippen molar-refractivity contribution in [3.8, 4) is 0 Å². The number of benzene rings is 1. The Hall–Kier alpha value is -1.16. The van der Waals surface area contributed by atoms with Crippen LogP contribution in [0.25, 0.3) is 11.0 Å². The molecule has 2 aromatic rings. The van der Waals surface area contributed by atoms with Gasteiger partial charge in [-0.05, 0) is 18.4 Å². The molecule has 0 bridgehead atoms. The fourth-order valence-electron chi connectivity index (χ4n) is 1.51. The largest absolute Gasteiger partial charge is 0.326 e. The Balaban J connectivity index is 2.51. The molecular formula is C10H12N2OS. The van der Waals surface area contributed by atoms with Gasteiger partial charge in [0.1, 0.15) is 0 Å². The number of H-pyrrole nitrogens is 1. The molecule has 14 heavy (non-hydrogen) atoms. The lowest BCUT2D eigenvalue weighted by Gasteiger charge is -2.00. The molecule has 1 aromatic carbocycles. The molecule has 1 aromatic heterocycles. The highest BCUT2D eigenvalue weighted by Gasteiger charge is 2.03. The molecular weight excluding hydrogens is 196 g/mol. The van der Waals surface area contributed by atoms with E-state index in [9.17, 15) is 4.79 Å². The lowest BCUT2D eigenvalue weighted by atomic mass is 10.3. The molecule has 0 saturated carbocycles. The van der Waals surface area contributed by atoms with E-state index in [1.54, 1.807) is 16.3 Å². The van der Waals surface area contributed by atoms with Gasteiger partial charge in [0, 0.05) is 12.3 Å². The molecule has 0 spiro atoms. The van der Waals surface area contributed by atoms with E-state index in [1.165, 1.54) is 0 Å². The van der Waals surface area contributed by atoms with Gasteiger partial charge >= 0.3 is 5.69 Å². The molecule has 0 fully saturated rings. The van der Waals surface area contributed by atoms with Crippen molar-refractivity contribution in [1.29, 1.82) is 0 Å². The first-order valence-electron chi connectivity index (χ1n) is 4.49.